The molecule has 2 aromatic rings. The summed E-state index contributed by atoms with van der Waals surface area (Å²) in [5.74, 6) is 3.47. The van der Waals surface area contributed by atoms with E-state index >= 15 is 0 Å². The number of hydrogen-bond acceptors (Lipinski definition) is 3. The minimum absolute atomic E-state index is 0.442. The highest BCUT2D eigenvalue weighted by atomic mass is 35.5. The van der Waals surface area contributed by atoms with Crippen LogP contribution in [0.25, 0.3) is 0 Å². The minimum atomic E-state index is 0.442. The molecule has 3 nitrogen and oxygen atoms in total. The van der Waals surface area contributed by atoms with Crippen molar-refractivity contribution in [2.24, 2.45) is 0 Å². The molecule has 2 aromatic carbocycles. The van der Waals surface area contributed by atoms with Crippen LogP contribution in [0.2, 0.25) is 0 Å². The summed E-state index contributed by atoms with van der Waals surface area (Å²) < 4.78 is 12.3. The molecule has 0 atom stereocenters. The predicted molar refractivity (Wildman–Crippen MR) is 129 cm³/mol. The van der Waals surface area contributed by atoms with Crippen molar-refractivity contribution in [2.45, 2.75) is 53.4 Å². The standard InChI is InChI=1S/C26H38ClNO2/c1-19(2)23-9-7-21(5)17-25(23)29-15-13-28(12-11-27)14-16-30-26-18-22(6)8-10-24(26)20(3)4/h7-10,17-20H,11-16H2,1-6H3. The van der Waals surface area contributed by atoms with Crippen LogP contribution in [0.3, 0.4) is 0 Å². The molecule has 0 aliphatic heterocycles. The Labute approximate surface area is 188 Å². The summed E-state index contributed by atoms with van der Waals surface area (Å²) in [6.45, 7) is 16.8. The number of aryl methyl sites for hydroxylation is 2. The number of ether oxygens (including phenoxy) is 2. The summed E-state index contributed by atoms with van der Waals surface area (Å²) in [5.41, 5.74) is 4.96. The van der Waals surface area contributed by atoms with Crippen molar-refractivity contribution in [2.75, 3.05) is 38.7 Å². The average Bonchev–Trinajstić information content (AvgIpc) is 2.67. The third-order valence-corrected chi connectivity index (χ3v) is 5.48. The van der Waals surface area contributed by atoms with E-state index in [9.17, 15) is 0 Å². The van der Waals surface area contributed by atoms with Gasteiger partial charge in [0, 0.05) is 25.5 Å². The van der Waals surface area contributed by atoms with Crippen LogP contribution in [0.15, 0.2) is 36.4 Å². The number of alkyl halides is 1. The van der Waals surface area contributed by atoms with Crippen molar-refractivity contribution in [1.29, 1.82) is 0 Å². The first-order valence-corrected chi connectivity index (χ1v) is 11.6. The second kappa shape index (κ2) is 12.2. The van der Waals surface area contributed by atoms with E-state index in [2.05, 4.69) is 82.8 Å². The van der Waals surface area contributed by atoms with E-state index in [4.69, 9.17) is 21.1 Å². The van der Waals surface area contributed by atoms with Crippen molar-refractivity contribution in [3.63, 3.8) is 0 Å². The molecule has 0 radical (unpaired) electrons. The Hall–Kier alpha value is -1.71. The van der Waals surface area contributed by atoms with Gasteiger partial charge in [-0.05, 0) is 60.1 Å². The topological polar surface area (TPSA) is 21.7 Å². The Morgan fingerprint density at radius 2 is 1.17 bits per heavy atom. The largest absolute Gasteiger partial charge is 0.492 e. The van der Waals surface area contributed by atoms with E-state index in [1.165, 1.54) is 22.3 Å². The van der Waals surface area contributed by atoms with E-state index in [-0.39, 0.29) is 0 Å². The molecule has 0 aromatic heterocycles. The summed E-state index contributed by atoms with van der Waals surface area (Å²) in [4.78, 5) is 2.31. The lowest BCUT2D eigenvalue weighted by atomic mass is 10.0. The second-order valence-electron chi connectivity index (χ2n) is 8.62. The Kier molecular flexibility index (Phi) is 10.0. The maximum atomic E-state index is 6.16. The molecule has 0 unspecified atom stereocenters. The van der Waals surface area contributed by atoms with Crippen LogP contribution in [0.1, 0.15) is 61.8 Å². The maximum absolute atomic E-state index is 6.16. The lowest BCUT2D eigenvalue weighted by Crippen LogP contribution is -2.34. The quantitative estimate of drug-likeness (QED) is 0.355. The van der Waals surface area contributed by atoms with Crippen LogP contribution < -0.4 is 9.47 Å². The molecule has 0 heterocycles. The SMILES string of the molecule is Cc1ccc(C(C)C)c(OCCN(CCCl)CCOc2cc(C)ccc2C(C)C)c1. The smallest absolute Gasteiger partial charge is 0.123 e. The van der Waals surface area contributed by atoms with Gasteiger partial charge in [0.05, 0.1) is 0 Å². The molecular formula is C26H38ClNO2. The third-order valence-electron chi connectivity index (χ3n) is 5.31. The van der Waals surface area contributed by atoms with Crippen molar-refractivity contribution in [3.05, 3.63) is 58.7 Å². The van der Waals surface area contributed by atoms with Gasteiger partial charge in [0.2, 0.25) is 0 Å². The van der Waals surface area contributed by atoms with Gasteiger partial charge in [-0.15, -0.1) is 11.6 Å². The Balaban J connectivity index is 1.90. The molecule has 0 saturated heterocycles. The lowest BCUT2D eigenvalue weighted by molar-refractivity contribution is 0.182. The van der Waals surface area contributed by atoms with Crippen molar-refractivity contribution in [3.8, 4) is 11.5 Å². The molecule has 0 saturated carbocycles. The molecule has 0 aliphatic rings. The van der Waals surface area contributed by atoms with Gasteiger partial charge in [0.1, 0.15) is 24.7 Å². The molecular weight excluding hydrogens is 394 g/mol. The number of nitrogens with zero attached hydrogens (tertiary/aromatic N) is 1. The summed E-state index contributed by atoms with van der Waals surface area (Å²) in [6, 6.07) is 12.9. The average molecular weight is 432 g/mol. The van der Waals surface area contributed by atoms with Crippen LogP contribution in [0.5, 0.6) is 11.5 Å². The third kappa shape index (κ3) is 7.52. The molecule has 0 bridgehead atoms. The molecule has 0 N–H and O–H groups in total. The van der Waals surface area contributed by atoms with Gasteiger partial charge >= 0.3 is 0 Å². The van der Waals surface area contributed by atoms with E-state index in [0.29, 0.717) is 30.9 Å². The zero-order valence-electron chi connectivity index (χ0n) is 19.5. The highest BCUT2D eigenvalue weighted by Gasteiger charge is 2.12. The molecule has 0 aliphatic carbocycles. The summed E-state index contributed by atoms with van der Waals surface area (Å²) in [6.07, 6.45) is 0. The van der Waals surface area contributed by atoms with Gasteiger partial charge in [0.25, 0.3) is 0 Å². The molecule has 2 rings (SSSR count). The minimum Gasteiger partial charge on any atom is -0.492 e. The van der Waals surface area contributed by atoms with Crippen molar-refractivity contribution >= 4 is 11.6 Å². The van der Waals surface area contributed by atoms with Gasteiger partial charge in [-0.25, -0.2) is 0 Å². The Morgan fingerprint density at radius 3 is 1.53 bits per heavy atom. The fourth-order valence-electron chi connectivity index (χ4n) is 3.51. The van der Waals surface area contributed by atoms with Gasteiger partial charge in [-0.3, -0.25) is 4.90 Å². The van der Waals surface area contributed by atoms with E-state index in [0.717, 1.165) is 31.1 Å². The Bertz CT molecular complexity index is 725. The van der Waals surface area contributed by atoms with Crippen LogP contribution in [0.4, 0.5) is 0 Å². The summed E-state index contributed by atoms with van der Waals surface area (Å²) >= 11 is 6.04. The van der Waals surface area contributed by atoms with E-state index < -0.39 is 0 Å². The van der Waals surface area contributed by atoms with Crippen LogP contribution >= 0.6 is 11.6 Å². The molecule has 4 heteroatoms. The monoisotopic (exact) mass is 431 g/mol. The van der Waals surface area contributed by atoms with E-state index in [1.54, 1.807) is 0 Å². The second-order valence-corrected chi connectivity index (χ2v) is 9.00. The number of hydrogen-bond donors (Lipinski definition) is 0. The lowest BCUT2D eigenvalue weighted by Gasteiger charge is -2.23. The van der Waals surface area contributed by atoms with Crippen LogP contribution in [-0.4, -0.2) is 43.6 Å². The molecule has 30 heavy (non-hydrogen) atoms. The van der Waals surface area contributed by atoms with Crippen LogP contribution in [0, 0.1) is 13.8 Å². The highest BCUT2D eigenvalue weighted by molar-refractivity contribution is 6.18. The maximum Gasteiger partial charge on any atom is 0.123 e. The summed E-state index contributed by atoms with van der Waals surface area (Å²) in [5, 5.41) is 0. The fourth-order valence-corrected chi connectivity index (χ4v) is 3.75. The fraction of sp³-hybridized carbons (Fsp3) is 0.538. The summed E-state index contributed by atoms with van der Waals surface area (Å²) in [7, 11) is 0. The number of benzene rings is 2. The molecule has 166 valence electrons. The van der Waals surface area contributed by atoms with Crippen LogP contribution in [-0.2, 0) is 0 Å². The highest BCUT2D eigenvalue weighted by Crippen LogP contribution is 2.28. The van der Waals surface area contributed by atoms with Gasteiger partial charge in [0.15, 0.2) is 0 Å². The normalized spacial score (nSPS) is 11.5. The molecule has 0 fully saturated rings. The van der Waals surface area contributed by atoms with Gasteiger partial charge in [-0.2, -0.15) is 0 Å². The van der Waals surface area contributed by atoms with Crippen molar-refractivity contribution < 1.29 is 9.47 Å². The van der Waals surface area contributed by atoms with Gasteiger partial charge < -0.3 is 9.47 Å². The first-order valence-electron chi connectivity index (χ1n) is 11.1. The molecule has 0 amide bonds. The first-order chi connectivity index (χ1) is 14.3. The predicted octanol–water partition coefficient (Wildman–Crippen LogP) is 6.55. The number of rotatable bonds is 12. The van der Waals surface area contributed by atoms with E-state index in [1.807, 2.05) is 0 Å². The first kappa shape index (κ1) is 24.6. The van der Waals surface area contributed by atoms with Crippen molar-refractivity contribution in [1.82, 2.24) is 4.90 Å². The number of halogens is 1. The zero-order chi connectivity index (χ0) is 22.1. The van der Waals surface area contributed by atoms with Gasteiger partial charge in [-0.1, -0.05) is 52.0 Å². The Morgan fingerprint density at radius 1 is 0.733 bits per heavy atom. The molecule has 0 spiro atoms. The zero-order valence-corrected chi connectivity index (χ0v) is 20.3.